The minimum absolute atomic E-state index is 0.110. The van der Waals surface area contributed by atoms with E-state index < -0.39 is 0 Å². The van der Waals surface area contributed by atoms with Gasteiger partial charge in [-0.2, -0.15) is 0 Å². The highest BCUT2D eigenvalue weighted by atomic mass is 35.5. The summed E-state index contributed by atoms with van der Waals surface area (Å²) in [5.74, 6) is -0.110. The second-order valence-corrected chi connectivity index (χ2v) is 4.32. The van der Waals surface area contributed by atoms with Gasteiger partial charge in [0, 0.05) is 13.6 Å². The van der Waals surface area contributed by atoms with Crippen LogP contribution in [0.4, 0.5) is 5.13 Å². The van der Waals surface area contributed by atoms with Gasteiger partial charge < -0.3 is 10.2 Å². The van der Waals surface area contributed by atoms with Crippen molar-refractivity contribution in [2.24, 2.45) is 0 Å². The maximum absolute atomic E-state index is 11.2. The summed E-state index contributed by atoms with van der Waals surface area (Å²) in [5, 5.41) is 3.30. The number of anilines is 1. The molecule has 0 aliphatic rings. The fraction of sp³-hybridized carbons (Fsp3) is 0.444. The fourth-order valence-corrected chi connectivity index (χ4v) is 2.20. The molecule has 0 fully saturated rings. The van der Waals surface area contributed by atoms with E-state index in [-0.39, 0.29) is 17.6 Å². The molecule has 88 valence electrons. The second kappa shape index (κ2) is 5.81. The SMILES string of the molecule is CCN(CC(=O)NC)c1nc(Cl)c(C=O)s1. The molecule has 0 aliphatic heterocycles. The lowest BCUT2D eigenvalue weighted by Gasteiger charge is -2.18. The number of halogens is 1. The van der Waals surface area contributed by atoms with Gasteiger partial charge in [-0.15, -0.1) is 0 Å². The van der Waals surface area contributed by atoms with Gasteiger partial charge in [0.15, 0.2) is 16.6 Å². The van der Waals surface area contributed by atoms with Crippen LogP contribution in [-0.2, 0) is 4.79 Å². The molecule has 0 spiro atoms. The van der Waals surface area contributed by atoms with Gasteiger partial charge in [0.2, 0.25) is 5.91 Å². The average molecular weight is 262 g/mol. The number of aromatic nitrogens is 1. The van der Waals surface area contributed by atoms with Crippen LogP contribution in [0.1, 0.15) is 16.6 Å². The molecule has 0 atom stereocenters. The van der Waals surface area contributed by atoms with Gasteiger partial charge >= 0.3 is 0 Å². The average Bonchev–Trinajstić information content (AvgIpc) is 2.66. The van der Waals surface area contributed by atoms with E-state index in [4.69, 9.17) is 11.6 Å². The maximum Gasteiger partial charge on any atom is 0.239 e. The van der Waals surface area contributed by atoms with Gasteiger partial charge in [0.05, 0.1) is 6.54 Å². The van der Waals surface area contributed by atoms with Crippen LogP contribution in [0, 0.1) is 0 Å². The first-order valence-electron chi connectivity index (χ1n) is 4.69. The third kappa shape index (κ3) is 2.93. The van der Waals surface area contributed by atoms with Crippen molar-refractivity contribution in [1.82, 2.24) is 10.3 Å². The summed E-state index contributed by atoms with van der Waals surface area (Å²) in [4.78, 5) is 28.0. The van der Waals surface area contributed by atoms with Crippen molar-refractivity contribution in [2.45, 2.75) is 6.92 Å². The first kappa shape index (κ1) is 12.9. The van der Waals surface area contributed by atoms with Crippen LogP contribution in [0.25, 0.3) is 0 Å². The maximum atomic E-state index is 11.2. The molecule has 0 aliphatic carbocycles. The summed E-state index contributed by atoms with van der Waals surface area (Å²) in [5.41, 5.74) is 0. The van der Waals surface area contributed by atoms with Crippen LogP contribution >= 0.6 is 22.9 Å². The van der Waals surface area contributed by atoms with E-state index in [1.165, 1.54) is 11.3 Å². The largest absolute Gasteiger partial charge is 0.358 e. The molecule has 1 aromatic heterocycles. The molecule has 0 bridgehead atoms. The van der Waals surface area contributed by atoms with Gasteiger partial charge in [0.1, 0.15) is 4.88 Å². The Bertz CT molecular complexity index is 394. The summed E-state index contributed by atoms with van der Waals surface area (Å²) in [6.07, 6.45) is 0.664. The molecule has 0 aromatic carbocycles. The number of aldehydes is 1. The van der Waals surface area contributed by atoms with E-state index >= 15 is 0 Å². The number of rotatable bonds is 5. The lowest BCUT2D eigenvalue weighted by Crippen LogP contribution is -2.35. The molecule has 5 nitrogen and oxygen atoms in total. The van der Waals surface area contributed by atoms with E-state index in [0.29, 0.717) is 22.8 Å². The van der Waals surface area contributed by atoms with Crippen molar-refractivity contribution in [2.75, 3.05) is 25.0 Å². The van der Waals surface area contributed by atoms with E-state index in [9.17, 15) is 9.59 Å². The third-order valence-corrected chi connectivity index (χ3v) is 3.41. The molecular weight excluding hydrogens is 250 g/mol. The van der Waals surface area contributed by atoms with E-state index in [1.54, 1.807) is 11.9 Å². The zero-order valence-electron chi connectivity index (χ0n) is 8.99. The standard InChI is InChI=1S/C9H12ClN3O2S/c1-3-13(4-7(15)11-2)9-12-8(10)6(5-14)16-9/h5H,3-4H2,1-2H3,(H,11,15). The van der Waals surface area contributed by atoms with Crippen molar-refractivity contribution in [3.05, 3.63) is 10.0 Å². The molecule has 0 unspecified atom stereocenters. The number of carbonyl (C=O) groups excluding carboxylic acids is 2. The van der Waals surface area contributed by atoms with Crippen LogP contribution in [0.2, 0.25) is 5.15 Å². The number of amides is 1. The number of nitrogens with zero attached hydrogens (tertiary/aromatic N) is 2. The highest BCUT2D eigenvalue weighted by Crippen LogP contribution is 2.27. The summed E-state index contributed by atoms with van der Waals surface area (Å²) in [6.45, 7) is 2.73. The van der Waals surface area contributed by atoms with Gasteiger partial charge in [-0.3, -0.25) is 9.59 Å². The Balaban J connectivity index is 2.86. The van der Waals surface area contributed by atoms with E-state index in [2.05, 4.69) is 10.3 Å². The van der Waals surface area contributed by atoms with E-state index in [1.807, 2.05) is 6.92 Å². The summed E-state index contributed by atoms with van der Waals surface area (Å²) in [7, 11) is 1.57. The van der Waals surface area contributed by atoms with Crippen LogP contribution in [0.15, 0.2) is 0 Å². The molecule has 0 saturated heterocycles. The Morgan fingerprint density at radius 1 is 1.69 bits per heavy atom. The number of thiazole rings is 1. The van der Waals surface area contributed by atoms with Crippen molar-refractivity contribution in [3.63, 3.8) is 0 Å². The lowest BCUT2D eigenvalue weighted by molar-refractivity contribution is -0.119. The fourth-order valence-electron chi connectivity index (χ4n) is 1.08. The highest BCUT2D eigenvalue weighted by Gasteiger charge is 2.15. The van der Waals surface area contributed by atoms with Crippen LogP contribution in [0.3, 0.4) is 0 Å². The normalized spacial score (nSPS) is 9.94. The topological polar surface area (TPSA) is 62.3 Å². The third-order valence-electron chi connectivity index (χ3n) is 1.97. The van der Waals surface area contributed by atoms with Crippen molar-refractivity contribution in [1.29, 1.82) is 0 Å². The van der Waals surface area contributed by atoms with Crippen LogP contribution in [0.5, 0.6) is 0 Å². The first-order valence-corrected chi connectivity index (χ1v) is 5.88. The Morgan fingerprint density at radius 2 is 2.38 bits per heavy atom. The van der Waals surface area contributed by atoms with Gasteiger partial charge in [-0.1, -0.05) is 22.9 Å². The number of nitrogens with one attached hydrogen (secondary N) is 1. The Morgan fingerprint density at radius 3 is 2.81 bits per heavy atom. The molecule has 0 radical (unpaired) electrons. The smallest absolute Gasteiger partial charge is 0.239 e. The number of likely N-dealkylation sites (N-methyl/N-ethyl adjacent to an activating group) is 2. The predicted molar refractivity (Wildman–Crippen MR) is 64.5 cm³/mol. The zero-order chi connectivity index (χ0) is 12.1. The van der Waals surface area contributed by atoms with Crippen molar-refractivity contribution in [3.8, 4) is 0 Å². The van der Waals surface area contributed by atoms with Crippen LogP contribution < -0.4 is 10.2 Å². The molecule has 1 amide bonds. The van der Waals surface area contributed by atoms with Gasteiger partial charge in [0.25, 0.3) is 0 Å². The van der Waals surface area contributed by atoms with Gasteiger partial charge in [-0.25, -0.2) is 4.98 Å². The molecule has 16 heavy (non-hydrogen) atoms. The predicted octanol–water partition coefficient (Wildman–Crippen LogP) is 1.18. The zero-order valence-corrected chi connectivity index (χ0v) is 10.6. The molecular formula is C9H12ClN3O2S. The Hall–Kier alpha value is -1.14. The minimum atomic E-state index is -0.110. The van der Waals surface area contributed by atoms with E-state index in [0.717, 1.165) is 0 Å². The Labute approximate surface area is 102 Å². The lowest BCUT2D eigenvalue weighted by atomic mass is 10.5. The molecule has 0 saturated carbocycles. The van der Waals surface area contributed by atoms with Crippen molar-refractivity contribution >= 4 is 40.3 Å². The molecule has 1 heterocycles. The summed E-state index contributed by atoms with van der Waals surface area (Å²) < 4.78 is 0. The number of hydrogen-bond acceptors (Lipinski definition) is 5. The summed E-state index contributed by atoms with van der Waals surface area (Å²) >= 11 is 6.94. The molecule has 1 rings (SSSR count). The molecule has 1 N–H and O–H groups in total. The number of carbonyl (C=O) groups is 2. The summed E-state index contributed by atoms with van der Waals surface area (Å²) in [6, 6.07) is 0. The van der Waals surface area contributed by atoms with Crippen LogP contribution in [-0.4, -0.2) is 37.3 Å². The van der Waals surface area contributed by atoms with Gasteiger partial charge in [-0.05, 0) is 6.92 Å². The Kier molecular flexibility index (Phi) is 4.70. The molecule has 7 heteroatoms. The second-order valence-electron chi connectivity index (χ2n) is 2.96. The quantitative estimate of drug-likeness (QED) is 0.809. The highest BCUT2D eigenvalue weighted by molar-refractivity contribution is 7.17. The molecule has 1 aromatic rings. The monoisotopic (exact) mass is 261 g/mol. The minimum Gasteiger partial charge on any atom is -0.358 e. The number of hydrogen-bond donors (Lipinski definition) is 1. The first-order chi connectivity index (χ1) is 7.62. The van der Waals surface area contributed by atoms with Crippen molar-refractivity contribution < 1.29 is 9.59 Å².